The second-order valence-corrected chi connectivity index (χ2v) is 6.68. The number of imidazole rings is 1. The lowest BCUT2D eigenvalue weighted by atomic mass is 9.55. The standard InChI is InChI=1S/C17H29N3O/c1-3-21-15-13-14(17(15)8-5-4-6-9-17)18-10-7-16-19-11-12-20(16)2/h11-12,14-15,18H,3-10,13H2,1-2H3. The zero-order valence-electron chi connectivity index (χ0n) is 13.5. The van der Waals surface area contributed by atoms with Crippen molar-refractivity contribution >= 4 is 0 Å². The maximum atomic E-state index is 6.02. The molecule has 0 bridgehead atoms. The Labute approximate surface area is 128 Å². The Bertz CT molecular complexity index is 451. The van der Waals surface area contributed by atoms with E-state index in [-0.39, 0.29) is 0 Å². The summed E-state index contributed by atoms with van der Waals surface area (Å²) >= 11 is 0. The number of rotatable bonds is 6. The highest BCUT2D eigenvalue weighted by atomic mass is 16.5. The zero-order valence-corrected chi connectivity index (χ0v) is 13.5. The molecule has 4 nitrogen and oxygen atoms in total. The normalized spacial score (nSPS) is 27.7. The van der Waals surface area contributed by atoms with Crippen molar-refractivity contribution in [1.29, 1.82) is 0 Å². The molecule has 1 aromatic rings. The Morgan fingerprint density at radius 2 is 2.19 bits per heavy atom. The Kier molecular flexibility index (Phi) is 4.65. The van der Waals surface area contributed by atoms with Crippen molar-refractivity contribution in [2.45, 2.75) is 64.0 Å². The molecular weight excluding hydrogens is 262 g/mol. The Balaban J connectivity index is 1.54. The van der Waals surface area contributed by atoms with Gasteiger partial charge >= 0.3 is 0 Å². The molecule has 1 spiro atoms. The van der Waals surface area contributed by atoms with Crippen molar-refractivity contribution in [2.75, 3.05) is 13.2 Å². The van der Waals surface area contributed by atoms with Gasteiger partial charge in [0.05, 0.1) is 6.10 Å². The van der Waals surface area contributed by atoms with E-state index in [9.17, 15) is 0 Å². The van der Waals surface area contributed by atoms with Crippen molar-refractivity contribution in [1.82, 2.24) is 14.9 Å². The Morgan fingerprint density at radius 3 is 2.86 bits per heavy atom. The number of hydrogen-bond acceptors (Lipinski definition) is 3. The minimum atomic E-state index is 0.426. The Hall–Kier alpha value is -0.870. The monoisotopic (exact) mass is 291 g/mol. The van der Waals surface area contributed by atoms with E-state index in [1.807, 2.05) is 12.4 Å². The second-order valence-electron chi connectivity index (χ2n) is 6.68. The van der Waals surface area contributed by atoms with Gasteiger partial charge in [0.1, 0.15) is 5.82 Å². The molecule has 2 atom stereocenters. The van der Waals surface area contributed by atoms with Crippen molar-refractivity contribution < 1.29 is 4.74 Å². The van der Waals surface area contributed by atoms with Gasteiger partial charge in [0.25, 0.3) is 0 Å². The number of ether oxygens (including phenoxy) is 1. The number of nitrogens with one attached hydrogen (secondary N) is 1. The van der Waals surface area contributed by atoms with E-state index in [1.54, 1.807) is 0 Å². The molecule has 0 saturated heterocycles. The molecule has 2 saturated carbocycles. The summed E-state index contributed by atoms with van der Waals surface area (Å²) in [5.41, 5.74) is 0.426. The van der Waals surface area contributed by atoms with Crippen LogP contribution in [0.15, 0.2) is 12.4 Å². The van der Waals surface area contributed by atoms with Crippen molar-refractivity contribution in [3.05, 3.63) is 18.2 Å². The van der Waals surface area contributed by atoms with Crippen LogP contribution in [0.3, 0.4) is 0 Å². The third kappa shape index (κ3) is 2.88. The first-order chi connectivity index (χ1) is 10.3. The molecule has 4 heteroatoms. The van der Waals surface area contributed by atoms with Gasteiger partial charge < -0.3 is 14.6 Å². The number of hydrogen-bond donors (Lipinski definition) is 1. The van der Waals surface area contributed by atoms with Crippen LogP contribution in [0, 0.1) is 5.41 Å². The van der Waals surface area contributed by atoms with Gasteiger partial charge in [-0.05, 0) is 26.2 Å². The lowest BCUT2D eigenvalue weighted by Crippen LogP contribution is -2.64. The van der Waals surface area contributed by atoms with Crippen LogP contribution in [0.1, 0.15) is 51.3 Å². The molecule has 1 aromatic heterocycles. The highest BCUT2D eigenvalue weighted by molar-refractivity contribution is 5.09. The molecule has 2 fully saturated rings. The second kappa shape index (κ2) is 6.49. The predicted octanol–water partition coefficient (Wildman–Crippen LogP) is 2.68. The maximum absolute atomic E-state index is 6.02. The number of aryl methyl sites for hydroxylation is 1. The summed E-state index contributed by atoms with van der Waals surface area (Å²) in [7, 11) is 2.07. The highest BCUT2D eigenvalue weighted by Crippen LogP contribution is 2.53. The van der Waals surface area contributed by atoms with Crippen LogP contribution in [0.2, 0.25) is 0 Å². The van der Waals surface area contributed by atoms with Gasteiger partial charge in [-0.25, -0.2) is 4.98 Å². The largest absolute Gasteiger partial charge is 0.378 e. The molecule has 2 aliphatic rings. The molecule has 2 unspecified atom stereocenters. The average molecular weight is 291 g/mol. The average Bonchev–Trinajstić information content (AvgIpc) is 2.92. The van der Waals surface area contributed by atoms with Crippen molar-refractivity contribution in [3.8, 4) is 0 Å². The van der Waals surface area contributed by atoms with E-state index in [0.29, 0.717) is 17.6 Å². The summed E-state index contributed by atoms with van der Waals surface area (Å²) in [6.07, 6.45) is 13.4. The first kappa shape index (κ1) is 15.0. The minimum absolute atomic E-state index is 0.426. The van der Waals surface area contributed by atoms with E-state index in [1.165, 1.54) is 44.3 Å². The predicted molar refractivity (Wildman–Crippen MR) is 84.3 cm³/mol. The van der Waals surface area contributed by atoms with Crippen molar-refractivity contribution in [2.24, 2.45) is 12.5 Å². The van der Waals surface area contributed by atoms with Gasteiger partial charge in [0.15, 0.2) is 0 Å². The molecule has 21 heavy (non-hydrogen) atoms. The molecule has 0 aliphatic heterocycles. The van der Waals surface area contributed by atoms with Crippen LogP contribution in [0.4, 0.5) is 0 Å². The van der Waals surface area contributed by atoms with E-state index in [0.717, 1.165) is 19.6 Å². The smallest absolute Gasteiger partial charge is 0.109 e. The molecule has 3 rings (SSSR count). The van der Waals surface area contributed by atoms with Gasteiger partial charge in [0, 0.05) is 50.5 Å². The zero-order chi connectivity index (χ0) is 14.7. The Morgan fingerprint density at radius 1 is 1.38 bits per heavy atom. The molecule has 2 aliphatic carbocycles. The summed E-state index contributed by atoms with van der Waals surface area (Å²) in [4.78, 5) is 4.40. The number of nitrogens with zero attached hydrogens (tertiary/aromatic N) is 2. The van der Waals surface area contributed by atoms with E-state index in [2.05, 4.69) is 28.8 Å². The van der Waals surface area contributed by atoms with E-state index < -0.39 is 0 Å². The highest BCUT2D eigenvalue weighted by Gasteiger charge is 2.55. The fourth-order valence-electron chi connectivity index (χ4n) is 4.35. The molecule has 0 amide bonds. The van der Waals surface area contributed by atoms with Gasteiger partial charge in [-0.2, -0.15) is 0 Å². The van der Waals surface area contributed by atoms with Gasteiger partial charge in [-0.1, -0.05) is 19.3 Å². The first-order valence-electron chi connectivity index (χ1n) is 8.57. The van der Waals surface area contributed by atoms with E-state index in [4.69, 9.17) is 4.74 Å². The molecule has 118 valence electrons. The molecule has 1 heterocycles. The fourth-order valence-corrected chi connectivity index (χ4v) is 4.35. The quantitative estimate of drug-likeness (QED) is 0.876. The van der Waals surface area contributed by atoms with Gasteiger partial charge in [0.2, 0.25) is 0 Å². The van der Waals surface area contributed by atoms with Crippen LogP contribution in [0.5, 0.6) is 0 Å². The van der Waals surface area contributed by atoms with Crippen LogP contribution >= 0.6 is 0 Å². The topological polar surface area (TPSA) is 39.1 Å². The number of aromatic nitrogens is 2. The lowest BCUT2D eigenvalue weighted by molar-refractivity contribution is -0.149. The molecular formula is C17H29N3O. The van der Waals surface area contributed by atoms with Crippen LogP contribution in [-0.2, 0) is 18.2 Å². The summed E-state index contributed by atoms with van der Waals surface area (Å²) < 4.78 is 8.13. The van der Waals surface area contributed by atoms with Gasteiger partial charge in [-0.3, -0.25) is 0 Å². The lowest BCUT2D eigenvalue weighted by Gasteiger charge is -2.58. The minimum Gasteiger partial charge on any atom is -0.378 e. The van der Waals surface area contributed by atoms with Crippen LogP contribution < -0.4 is 5.32 Å². The van der Waals surface area contributed by atoms with Crippen LogP contribution in [0.25, 0.3) is 0 Å². The first-order valence-corrected chi connectivity index (χ1v) is 8.57. The fraction of sp³-hybridized carbons (Fsp3) is 0.824. The van der Waals surface area contributed by atoms with Crippen molar-refractivity contribution in [3.63, 3.8) is 0 Å². The SMILES string of the molecule is CCOC1CC(NCCc2nccn2C)C12CCCCC2. The summed E-state index contributed by atoms with van der Waals surface area (Å²) in [5.74, 6) is 1.17. The molecule has 0 aromatic carbocycles. The molecule has 1 N–H and O–H groups in total. The summed E-state index contributed by atoms with van der Waals surface area (Å²) in [5, 5.41) is 3.80. The third-order valence-corrected chi connectivity index (χ3v) is 5.60. The molecule has 0 radical (unpaired) electrons. The maximum Gasteiger partial charge on any atom is 0.109 e. The summed E-state index contributed by atoms with van der Waals surface area (Å²) in [6, 6.07) is 0.648. The van der Waals surface area contributed by atoms with Crippen LogP contribution in [-0.4, -0.2) is 34.8 Å². The summed E-state index contributed by atoms with van der Waals surface area (Å²) in [6.45, 7) is 4.00. The third-order valence-electron chi connectivity index (χ3n) is 5.60. The van der Waals surface area contributed by atoms with E-state index >= 15 is 0 Å². The van der Waals surface area contributed by atoms with Gasteiger partial charge in [-0.15, -0.1) is 0 Å².